The van der Waals surface area contributed by atoms with Gasteiger partial charge in [0.1, 0.15) is 22.5 Å². The van der Waals surface area contributed by atoms with Gasteiger partial charge in [-0.25, -0.2) is 9.37 Å². The minimum atomic E-state index is -0.455. The molecule has 3 rings (SSSR count). The number of aromatic nitrogens is 3. The van der Waals surface area contributed by atoms with Crippen molar-refractivity contribution in [1.29, 1.82) is 0 Å². The highest BCUT2D eigenvalue weighted by Crippen LogP contribution is 2.39. The molecule has 1 aromatic carbocycles. The van der Waals surface area contributed by atoms with E-state index in [1.165, 1.54) is 19.2 Å². The Morgan fingerprint density at radius 3 is 2.78 bits per heavy atom. The zero-order chi connectivity index (χ0) is 19.2. The number of benzene rings is 1. The maximum absolute atomic E-state index is 13.9. The fraction of sp³-hybridized carbons (Fsp3) is 0.222. The van der Waals surface area contributed by atoms with Gasteiger partial charge in [0.2, 0.25) is 0 Å². The largest absolute Gasteiger partial charge is 0.496 e. The van der Waals surface area contributed by atoms with E-state index >= 15 is 0 Å². The van der Waals surface area contributed by atoms with Crippen molar-refractivity contribution in [3.63, 3.8) is 0 Å². The number of aromatic amines is 1. The predicted octanol–water partition coefficient (Wildman–Crippen LogP) is 3.74. The van der Waals surface area contributed by atoms with E-state index in [9.17, 15) is 4.39 Å². The molecule has 0 saturated carbocycles. The average molecular weight is 392 g/mol. The van der Waals surface area contributed by atoms with Gasteiger partial charge in [0.15, 0.2) is 5.82 Å². The molecule has 0 radical (unpaired) electrons. The number of hydrogen-bond donors (Lipinski definition) is 3. The summed E-state index contributed by atoms with van der Waals surface area (Å²) in [4.78, 5) is 4.01. The zero-order valence-corrected chi connectivity index (χ0v) is 15.4. The van der Waals surface area contributed by atoms with Crippen LogP contribution in [0.3, 0.4) is 0 Å². The van der Waals surface area contributed by atoms with Gasteiger partial charge in [-0.05, 0) is 25.1 Å². The Morgan fingerprint density at radius 2 is 2.07 bits per heavy atom. The van der Waals surface area contributed by atoms with E-state index in [2.05, 4.69) is 20.5 Å². The molecule has 0 amide bonds. The lowest BCUT2D eigenvalue weighted by Crippen LogP contribution is -2.07. The number of halogens is 2. The molecule has 3 aromatic rings. The molecule has 0 unspecified atom stereocenters. The van der Waals surface area contributed by atoms with Crippen molar-refractivity contribution < 1.29 is 13.9 Å². The fourth-order valence-electron chi connectivity index (χ4n) is 2.48. The van der Waals surface area contributed by atoms with E-state index in [0.717, 1.165) is 5.69 Å². The lowest BCUT2D eigenvalue weighted by atomic mass is 10.1. The Labute approximate surface area is 160 Å². The Kier molecular flexibility index (Phi) is 6.10. The molecule has 27 heavy (non-hydrogen) atoms. The topological polar surface area (TPSA) is 98.1 Å². The molecule has 4 N–H and O–H groups in total. The van der Waals surface area contributed by atoms with Gasteiger partial charge in [-0.2, -0.15) is 5.10 Å². The lowest BCUT2D eigenvalue weighted by molar-refractivity contribution is 0.310. The van der Waals surface area contributed by atoms with Crippen LogP contribution in [0.4, 0.5) is 15.9 Å². The molecule has 0 aliphatic heterocycles. The first-order valence-corrected chi connectivity index (χ1v) is 8.63. The van der Waals surface area contributed by atoms with Crippen molar-refractivity contribution in [2.24, 2.45) is 5.73 Å². The van der Waals surface area contributed by atoms with Crippen LogP contribution in [0.25, 0.3) is 11.3 Å². The third-order valence-electron chi connectivity index (χ3n) is 3.70. The van der Waals surface area contributed by atoms with Gasteiger partial charge in [0.05, 0.1) is 36.9 Å². The van der Waals surface area contributed by atoms with Gasteiger partial charge in [-0.3, -0.25) is 5.10 Å². The molecule has 2 heterocycles. The Hall–Kier alpha value is -2.84. The number of nitrogens with two attached hydrogens (primary N) is 1. The van der Waals surface area contributed by atoms with E-state index in [4.69, 9.17) is 26.8 Å². The summed E-state index contributed by atoms with van der Waals surface area (Å²) in [7, 11) is 1.47. The highest BCUT2D eigenvalue weighted by molar-refractivity contribution is 6.29. The quantitative estimate of drug-likeness (QED) is 0.399. The molecule has 0 saturated heterocycles. The molecule has 0 aliphatic carbocycles. The number of ether oxygens (including phenoxy) is 2. The number of pyridine rings is 1. The highest BCUT2D eigenvalue weighted by atomic mass is 35.5. The minimum absolute atomic E-state index is 0.334. The molecule has 142 valence electrons. The first-order valence-electron chi connectivity index (χ1n) is 8.25. The SMILES string of the molecule is COc1cc(F)cc(OCCCN)c1-c1cc(Nc2ccc(Cl)nc2)n[nH]1. The molecule has 0 spiro atoms. The third-order valence-corrected chi connectivity index (χ3v) is 3.93. The van der Waals surface area contributed by atoms with Crippen molar-refractivity contribution >= 4 is 23.1 Å². The highest BCUT2D eigenvalue weighted by Gasteiger charge is 2.18. The molecule has 0 atom stereocenters. The van der Waals surface area contributed by atoms with Gasteiger partial charge < -0.3 is 20.5 Å². The number of hydrogen-bond acceptors (Lipinski definition) is 6. The Morgan fingerprint density at radius 1 is 1.26 bits per heavy atom. The maximum atomic E-state index is 13.9. The molecular formula is C18H19ClFN5O2. The van der Waals surface area contributed by atoms with Crippen molar-refractivity contribution in [2.45, 2.75) is 6.42 Å². The molecule has 0 fully saturated rings. The third kappa shape index (κ3) is 4.66. The van der Waals surface area contributed by atoms with Crippen LogP contribution in [-0.2, 0) is 0 Å². The summed E-state index contributed by atoms with van der Waals surface area (Å²) in [6.45, 7) is 0.848. The van der Waals surface area contributed by atoms with Crippen molar-refractivity contribution in [1.82, 2.24) is 15.2 Å². The van der Waals surface area contributed by atoms with E-state index in [1.54, 1.807) is 24.4 Å². The predicted molar refractivity (Wildman–Crippen MR) is 102 cm³/mol. The fourth-order valence-corrected chi connectivity index (χ4v) is 2.59. The van der Waals surface area contributed by atoms with Gasteiger partial charge in [0.25, 0.3) is 0 Å². The number of rotatable bonds is 8. The molecule has 9 heteroatoms. The summed E-state index contributed by atoms with van der Waals surface area (Å²) in [5.74, 6) is 0.779. The number of methoxy groups -OCH3 is 1. The zero-order valence-electron chi connectivity index (χ0n) is 14.6. The van der Waals surface area contributed by atoms with Gasteiger partial charge in [-0.15, -0.1) is 0 Å². The van der Waals surface area contributed by atoms with Crippen LogP contribution >= 0.6 is 11.6 Å². The maximum Gasteiger partial charge on any atom is 0.152 e. The van der Waals surface area contributed by atoms with Crippen molar-refractivity contribution in [3.05, 3.63) is 47.5 Å². The number of nitrogens with zero attached hydrogens (tertiary/aromatic N) is 2. The molecule has 0 aliphatic rings. The Balaban J connectivity index is 1.90. The molecule has 2 aromatic heterocycles. The molecule has 0 bridgehead atoms. The summed E-state index contributed by atoms with van der Waals surface area (Å²) in [5, 5.41) is 10.6. The van der Waals surface area contributed by atoms with Crippen molar-refractivity contribution in [3.8, 4) is 22.8 Å². The van der Waals surface area contributed by atoms with Crippen molar-refractivity contribution in [2.75, 3.05) is 25.6 Å². The van der Waals surface area contributed by atoms with E-state index in [-0.39, 0.29) is 0 Å². The standard InChI is InChI=1S/C18H19ClFN5O2/c1-26-14-7-11(20)8-15(27-6-2-5-21)18(14)13-9-17(25-24-13)23-12-3-4-16(19)22-10-12/h3-4,7-10H,2,5-6,21H2,1H3,(H2,23,24,25). The summed E-state index contributed by atoms with van der Waals surface area (Å²) in [6.07, 6.45) is 2.24. The second kappa shape index (κ2) is 8.70. The van der Waals surface area contributed by atoms with Gasteiger partial charge in [0, 0.05) is 18.2 Å². The van der Waals surface area contributed by atoms with E-state index in [1.807, 2.05) is 0 Å². The smallest absolute Gasteiger partial charge is 0.152 e. The molecular weight excluding hydrogens is 373 g/mol. The summed E-state index contributed by atoms with van der Waals surface area (Å²) < 4.78 is 24.9. The first-order chi connectivity index (χ1) is 13.1. The number of anilines is 2. The lowest BCUT2D eigenvalue weighted by Gasteiger charge is -2.14. The van der Waals surface area contributed by atoms with Crippen LogP contribution in [0.15, 0.2) is 36.5 Å². The van der Waals surface area contributed by atoms with E-state index < -0.39 is 5.82 Å². The van der Waals surface area contributed by atoms with E-state index in [0.29, 0.717) is 53.3 Å². The van der Waals surface area contributed by atoms with Crippen LogP contribution in [0, 0.1) is 5.82 Å². The van der Waals surface area contributed by atoms with Crippen LogP contribution < -0.4 is 20.5 Å². The number of nitrogens with one attached hydrogen (secondary N) is 2. The monoisotopic (exact) mass is 391 g/mol. The molecule has 7 nitrogen and oxygen atoms in total. The van der Waals surface area contributed by atoms with Crippen LogP contribution in [0.1, 0.15) is 6.42 Å². The minimum Gasteiger partial charge on any atom is -0.496 e. The normalized spacial score (nSPS) is 10.7. The first kappa shape index (κ1) is 18.9. The summed E-state index contributed by atoms with van der Waals surface area (Å²) >= 11 is 5.79. The van der Waals surface area contributed by atoms with Gasteiger partial charge >= 0.3 is 0 Å². The summed E-state index contributed by atoms with van der Waals surface area (Å²) in [5.41, 5.74) is 7.41. The average Bonchev–Trinajstić information content (AvgIpc) is 3.11. The number of H-pyrrole nitrogens is 1. The van der Waals surface area contributed by atoms with Gasteiger partial charge in [-0.1, -0.05) is 11.6 Å². The van der Waals surface area contributed by atoms with Crippen LogP contribution in [-0.4, -0.2) is 35.4 Å². The summed E-state index contributed by atoms with van der Waals surface area (Å²) in [6, 6.07) is 7.82. The second-order valence-corrected chi connectivity index (χ2v) is 6.02. The van der Waals surface area contributed by atoms with Crippen LogP contribution in [0.2, 0.25) is 5.15 Å². The second-order valence-electron chi connectivity index (χ2n) is 5.63. The Bertz CT molecular complexity index is 901. The van der Waals surface area contributed by atoms with Crippen LogP contribution in [0.5, 0.6) is 11.5 Å².